The van der Waals surface area contributed by atoms with Crippen LogP contribution in [0.15, 0.2) is 16.9 Å². The number of hydrogen-bond donors (Lipinski definition) is 1. The fourth-order valence-electron chi connectivity index (χ4n) is 0.921. The number of carboxylic acid groups (broad SMARTS) is 1. The molecule has 7 nitrogen and oxygen atoms in total. The fraction of sp³-hybridized carbons (Fsp3) is 0.400. The summed E-state index contributed by atoms with van der Waals surface area (Å²) in [6, 6.07) is 0. The standard InChI is InChI=1S/C8H9N3O2.C2HF3O2/c1-2-3-12-8-11-6-4-9-5-10-7(6)13-8;3-2(4,5)1(6)7/h4-5H,2-3H2,1H3;(H,6,7). The van der Waals surface area contributed by atoms with Crippen LogP contribution in [-0.2, 0) is 4.79 Å². The molecule has 0 radical (unpaired) electrons. The molecule has 0 aromatic carbocycles. The van der Waals surface area contributed by atoms with Crippen molar-refractivity contribution in [3.8, 4) is 6.08 Å². The maximum atomic E-state index is 10.6. The molecule has 2 aromatic rings. The molecule has 0 aliphatic heterocycles. The van der Waals surface area contributed by atoms with E-state index in [0.717, 1.165) is 6.42 Å². The first kappa shape index (κ1) is 15.7. The van der Waals surface area contributed by atoms with Crippen LogP contribution in [0.2, 0.25) is 0 Å². The summed E-state index contributed by atoms with van der Waals surface area (Å²) in [5.41, 5.74) is 1.08. The molecule has 0 saturated carbocycles. The third-order valence-electron chi connectivity index (χ3n) is 1.73. The molecule has 10 heteroatoms. The number of aliphatic carboxylic acids is 1. The number of fused-ring (bicyclic) bond motifs is 1. The quantitative estimate of drug-likeness (QED) is 0.924. The van der Waals surface area contributed by atoms with Gasteiger partial charge in [-0.15, -0.1) is 0 Å². The largest absolute Gasteiger partial charge is 0.490 e. The number of halogens is 3. The smallest absolute Gasteiger partial charge is 0.475 e. The number of oxazole rings is 1. The summed E-state index contributed by atoms with van der Waals surface area (Å²) in [4.78, 5) is 20.6. The van der Waals surface area contributed by atoms with E-state index >= 15 is 0 Å². The zero-order chi connectivity index (χ0) is 15.2. The molecule has 2 aromatic heterocycles. The van der Waals surface area contributed by atoms with Gasteiger partial charge in [0.25, 0.3) is 5.71 Å². The van der Waals surface area contributed by atoms with Crippen LogP contribution >= 0.6 is 0 Å². The lowest BCUT2D eigenvalue weighted by atomic mass is 10.5. The van der Waals surface area contributed by atoms with Gasteiger partial charge in [-0.3, -0.25) is 0 Å². The number of carboxylic acids is 1. The molecular weight excluding hydrogens is 283 g/mol. The summed E-state index contributed by atoms with van der Waals surface area (Å²) in [5, 5.41) is 7.12. The number of hydrogen-bond acceptors (Lipinski definition) is 6. The molecule has 0 amide bonds. The zero-order valence-corrected chi connectivity index (χ0v) is 10.2. The predicted molar refractivity (Wildman–Crippen MR) is 59.1 cm³/mol. The van der Waals surface area contributed by atoms with Crippen LogP contribution < -0.4 is 4.74 Å². The normalized spacial score (nSPS) is 10.8. The molecule has 2 heterocycles. The molecule has 0 bridgehead atoms. The van der Waals surface area contributed by atoms with Crippen molar-refractivity contribution in [2.24, 2.45) is 0 Å². The second-order valence-electron chi connectivity index (χ2n) is 3.34. The SMILES string of the molecule is CCCOc1nc2cncnc2o1.O=C(O)C(F)(F)F. The van der Waals surface area contributed by atoms with E-state index in [-0.39, 0.29) is 6.08 Å². The van der Waals surface area contributed by atoms with Crippen LogP contribution in [0.3, 0.4) is 0 Å². The van der Waals surface area contributed by atoms with Crippen LogP contribution in [0, 0.1) is 0 Å². The van der Waals surface area contributed by atoms with Gasteiger partial charge in [0.1, 0.15) is 6.33 Å². The minimum absolute atomic E-state index is 0.261. The van der Waals surface area contributed by atoms with Crippen LogP contribution in [0.5, 0.6) is 6.08 Å². The average Bonchev–Trinajstić information content (AvgIpc) is 2.78. The van der Waals surface area contributed by atoms with Gasteiger partial charge in [-0.25, -0.2) is 9.78 Å². The van der Waals surface area contributed by atoms with Gasteiger partial charge < -0.3 is 14.3 Å². The van der Waals surface area contributed by atoms with E-state index < -0.39 is 12.1 Å². The minimum Gasteiger partial charge on any atom is -0.475 e. The molecule has 1 N–H and O–H groups in total. The van der Waals surface area contributed by atoms with Crippen LogP contribution in [0.4, 0.5) is 13.2 Å². The van der Waals surface area contributed by atoms with E-state index in [9.17, 15) is 13.2 Å². The van der Waals surface area contributed by atoms with Gasteiger partial charge in [0.15, 0.2) is 5.52 Å². The Bertz CT molecular complexity index is 537. The zero-order valence-electron chi connectivity index (χ0n) is 10.2. The van der Waals surface area contributed by atoms with Gasteiger partial charge in [-0.05, 0) is 6.42 Å². The summed E-state index contributed by atoms with van der Waals surface area (Å²) >= 11 is 0. The van der Waals surface area contributed by atoms with E-state index in [0.29, 0.717) is 17.8 Å². The first-order chi connectivity index (χ1) is 9.34. The van der Waals surface area contributed by atoms with Crippen LogP contribution in [0.25, 0.3) is 11.2 Å². The molecule has 0 fully saturated rings. The number of nitrogens with zero attached hydrogens (tertiary/aromatic N) is 3. The lowest BCUT2D eigenvalue weighted by Crippen LogP contribution is -2.21. The molecule has 0 unspecified atom stereocenters. The number of alkyl halides is 3. The molecular formula is C10H10F3N3O4. The van der Waals surface area contributed by atoms with Crippen molar-refractivity contribution in [3.05, 3.63) is 12.5 Å². The minimum atomic E-state index is -5.08. The van der Waals surface area contributed by atoms with E-state index in [1.54, 1.807) is 6.20 Å². The van der Waals surface area contributed by atoms with Crippen LogP contribution in [0.1, 0.15) is 13.3 Å². The van der Waals surface area contributed by atoms with Crippen molar-refractivity contribution in [2.75, 3.05) is 6.61 Å². The molecule has 0 saturated heterocycles. The molecule has 0 atom stereocenters. The van der Waals surface area contributed by atoms with Gasteiger partial charge in [-0.1, -0.05) is 6.92 Å². The lowest BCUT2D eigenvalue weighted by molar-refractivity contribution is -0.192. The maximum Gasteiger partial charge on any atom is 0.490 e. The lowest BCUT2D eigenvalue weighted by Gasteiger charge is -1.94. The maximum absolute atomic E-state index is 10.6. The van der Waals surface area contributed by atoms with E-state index in [1.165, 1.54) is 6.33 Å². The van der Waals surface area contributed by atoms with E-state index in [2.05, 4.69) is 15.0 Å². The van der Waals surface area contributed by atoms with E-state index in [1.807, 2.05) is 6.92 Å². The second kappa shape index (κ2) is 6.68. The molecule has 2 rings (SSSR count). The third-order valence-corrected chi connectivity index (χ3v) is 1.73. The van der Waals surface area contributed by atoms with Gasteiger partial charge in [0, 0.05) is 0 Å². The summed E-state index contributed by atoms with van der Waals surface area (Å²) in [6.45, 7) is 2.61. The predicted octanol–water partition coefficient (Wildman–Crippen LogP) is 2.04. The van der Waals surface area contributed by atoms with Gasteiger partial charge in [0.2, 0.25) is 0 Å². The molecule has 110 valence electrons. The Kier molecular flexibility index (Phi) is 5.23. The van der Waals surface area contributed by atoms with Gasteiger partial charge in [-0.2, -0.15) is 23.1 Å². The first-order valence-electron chi connectivity index (χ1n) is 5.34. The number of carbonyl (C=O) groups is 1. The van der Waals surface area contributed by atoms with Gasteiger partial charge >= 0.3 is 18.2 Å². The summed E-state index contributed by atoms with van der Waals surface area (Å²) in [6.07, 6.45) is -0.899. The van der Waals surface area contributed by atoms with Crippen molar-refractivity contribution in [1.29, 1.82) is 0 Å². The number of aromatic nitrogens is 3. The van der Waals surface area contributed by atoms with Crippen molar-refractivity contribution >= 4 is 17.2 Å². The Morgan fingerprint density at radius 1 is 1.50 bits per heavy atom. The molecule has 20 heavy (non-hydrogen) atoms. The molecule has 0 spiro atoms. The highest BCUT2D eigenvalue weighted by atomic mass is 19.4. The Morgan fingerprint density at radius 3 is 2.65 bits per heavy atom. The Balaban J connectivity index is 0.000000246. The highest BCUT2D eigenvalue weighted by Crippen LogP contribution is 2.16. The molecule has 0 aliphatic carbocycles. The fourth-order valence-corrected chi connectivity index (χ4v) is 0.921. The van der Waals surface area contributed by atoms with Crippen molar-refractivity contribution < 1.29 is 32.2 Å². The Labute approximate surface area is 110 Å². The summed E-state index contributed by atoms with van der Waals surface area (Å²) in [7, 11) is 0. The molecule has 0 aliphatic rings. The van der Waals surface area contributed by atoms with Crippen molar-refractivity contribution in [2.45, 2.75) is 19.5 Å². The number of rotatable bonds is 3. The highest BCUT2D eigenvalue weighted by molar-refractivity contribution is 5.73. The summed E-state index contributed by atoms with van der Waals surface area (Å²) in [5.74, 6) is -2.76. The monoisotopic (exact) mass is 293 g/mol. The number of ether oxygens (including phenoxy) is 1. The Hall–Kier alpha value is -2.39. The van der Waals surface area contributed by atoms with Crippen molar-refractivity contribution in [1.82, 2.24) is 15.0 Å². The van der Waals surface area contributed by atoms with Crippen molar-refractivity contribution in [3.63, 3.8) is 0 Å². The Morgan fingerprint density at radius 2 is 2.15 bits per heavy atom. The third kappa shape index (κ3) is 4.71. The second-order valence-corrected chi connectivity index (χ2v) is 3.34. The van der Waals surface area contributed by atoms with Crippen LogP contribution in [-0.4, -0.2) is 38.8 Å². The highest BCUT2D eigenvalue weighted by Gasteiger charge is 2.38. The van der Waals surface area contributed by atoms with Gasteiger partial charge in [0.05, 0.1) is 12.8 Å². The summed E-state index contributed by atoms with van der Waals surface area (Å²) < 4.78 is 42.1. The topological polar surface area (TPSA) is 98.3 Å². The first-order valence-corrected chi connectivity index (χ1v) is 5.34. The van der Waals surface area contributed by atoms with E-state index in [4.69, 9.17) is 19.1 Å². The average molecular weight is 293 g/mol.